The summed E-state index contributed by atoms with van der Waals surface area (Å²) in [5.74, 6) is 0.966. The second-order valence-corrected chi connectivity index (χ2v) is 5.79. The number of amides is 1. The summed E-state index contributed by atoms with van der Waals surface area (Å²) in [5, 5.41) is 9.78. The van der Waals surface area contributed by atoms with Crippen LogP contribution in [-0.4, -0.2) is 17.1 Å². The van der Waals surface area contributed by atoms with E-state index in [2.05, 4.69) is 31.7 Å². The topological polar surface area (TPSA) is 67.2 Å². The molecule has 1 aromatic heterocycles. The molecule has 1 heterocycles. The van der Waals surface area contributed by atoms with Gasteiger partial charge in [0.05, 0.1) is 0 Å². The van der Waals surface area contributed by atoms with Gasteiger partial charge in [-0.25, -0.2) is 0 Å². The lowest BCUT2D eigenvalue weighted by Gasteiger charge is -2.18. The lowest BCUT2D eigenvalue weighted by atomic mass is 10.1. The van der Waals surface area contributed by atoms with E-state index in [4.69, 9.17) is 4.52 Å². The number of benzene rings is 1. The summed E-state index contributed by atoms with van der Waals surface area (Å²) in [6.07, 6.45) is 0.665. The highest BCUT2D eigenvalue weighted by molar-refractivity contribution is 9.10. The zero-order chi connectivity index (χ0) is 15.4. The van der Waals surface area contributed by atoms with E-state index >= 15 is 0 Å². The first-order valence-corrected chi connectivity index (χ1v) is 7.55. The van der Waals surface area contributed by atoms with Gasteiger partial charge in [-0.15, -0.1) is 0 Å². The largest absolute Gasteiger partial charge is 0.373 e. The van der Waals surface area contributed by atoms with E-state index in [1.165, 1.54) is 0 Å². The van der Waals surface area contributed by atoms with E-state index in [1.54, 1.807) is 13.0 Å². The van der Waals surface area contributed by atoms with Crippen molar-refractivity contribution in [2.45, 2.75) is 33.2 Å². The van der Waals surface area contributed by atoms with Gasteiger partial charge in [0.25, 0.3) is 0 Å². The van der Waals surface area contributed by atoms with Crippen molar-refractivity contribution in [3.8, 4) is 0 Å². The fourth-order valence-corrected chi connectivity index (χ4v) is 2.44. The van der Waals surface area contributed by atoms with Crippen LogP contribution in [0.4, 0.5) is 11.5 Å². The van der Waals surface area contributed by atoms with Crippen LogP contribution in [0.3, 0.4) is 0 Å². The van der Waals surface area contributed by atoms with Crippen molar-refractivity contribution in [1.82, 2.24) is 5.16 Å². The number of hydrogen-bond donors (Lipinski definition) is 2. The predicted molar refractivity (Wildman–Crippen MR) is 86.5 cm³/mol. The zero-order valence-electron chi connectivity index (χ0n) is 12.2. The Hall–Kier alpha value is -1.82. The van der Waals surface area contributed by atoms with Crippen molar-refractivity contribution >= 4 is 33.3 Å². The molecule has 0 radical (unpaired) electrons. The number of rotatable bonds is 5. The molecule has 21 heavy (non-hydrogen) atoms. The van der Waals surface area contributed by atoms with Crippen LogP contribution in [0.5, 0.6) is 0 Å². The maximum absolute atomic E-state index is 12.3. The first-order valence-electron chi connectivity index (χ1n) is 6.76. The molecule has 6 heteroatoms. The molecule has 5 nitrogen and oxygen atoms in total. The van der Waals surface area contributed by atoms with Gasteiger partial charge in [0.1, 0.15) is 11.8 Å². The summed E-state index contributed by atoms with van der Waals surface area (Å²) >= 11 is 3.43. The third-order valence-corrected chi connectivity index (χ3v) is 3.62. The van der Waals surface area contributed by atoms with Gasteiger partial charge in [-0.05, 0) is 44.0 Å². The molecule has 1 aromatic carbocycles. The van der Waals surface area contributed by atoms with E-state index in [1.807, 2.05) is 32.0 Å². The van der Waals surface area contributed by atoms with Gasteiger partial charge in [-0.1, -0.05) is 28.0 Å². The molecule has 0 bridgehead atoms. The van der Waals surface area contributed by atoms with E-state index in [0.29, 0.717) is 18.0 Å². The fraction of sp³-hybridized carbons (Fsp3) is 0.333. The summed E-state index contributed by atoms with van der Waals surface area (Å²) in [4.78, 5) is 12.3. The van der Waals surface area contributed by atoms with Gasteiger partial charge in [-0.3, -0.25) is 4.79 Å². The molecule has 1 atom stereocenters. The summed E-state index contributed by atoms with van der Waals surface area (Å²) in [6, 6.07) is 7.27. The molecule has 2 N–H and O–H groups in total. The van der Waals surface area contributed by atoms with Crippen molar-refractivity contribution in [3.63, 3.8) is 0 Å². The van der Waals surface area contributed by atoms with Crippen LogP contribution in [0.1, 0.15) is 24.7 Å². The van der Waals surface area contributed by atoms with Crippen LogP contribution < -0.4 is 10.6 Å². The molecule has 0 aliphatic heterocycles. The van der Waals surface area contributed by atoms with Crippen LogP contribution >= 0.6 is 15.9 Å². The monoisotopic (exact) mass is 351 g/mol. The van der Waals surface area contributed by atoms with E-state index in [-0.39, 0.29) is 11.9 Å². The van der Waals surface area contributed by atoms with Gasteiger partial charge >= 0.3 is 0 Å². The second kappa shape index (κ2) is 6.76. The molecule has 0 fully saturated rings. The Labute approximate surface area is 132 Å². The molecule has 2 rings (SSSR count). The standard InChI is InChI=1S/C15H18BrN3O2/c1-4-12(15(20)18-14-8-10(3)21-19-14)17-13-6-5-11(16)7-9(13)2/h5-8,12,17H,4H2,1-3H3,(H,18,19,20)/t12-/m0/s1. The van der Waals surface area contributed by atoms with Crippen LogP contribution in [0.15, 0.2) is 33.3 Å². The number of carbonyl (C=O) groups is 1. The minimum absolute atomic E-state index is 0.131. The van der Waals surface area contributed by atoms with E-state index in [9.17, 15) is 4.79 Å². The average Bonchev–Trinajstić information content (AvgIpc) is 2.83. The highest BCUT2D eigenvalue weighted by Crippen LogP contribution is 2.21. The third kappa shape index (κ3) is 4.07. The van der Waals surface area contributed by atoms with Gasteiger partial charge in [-0.2, -0.15) is 0 Å². The predicted octanol–water partition coefficient (Wildman–Crippen LogP) is 3.88. The number of hydrogen-bond acceptors (Lipinski definition) is 4. The van der Waals surface area contributed by atoms with Crippen LogP contribution in [0.25, 0.3) is 0 Å². The number of nitrogens with one attached hydrogen (secondary N) is 2. The Morgan fingerprint density at radius 1 is 1.38 bits per heavy atom. The summed E-state index contributed by atoms with van der Waals surface area (Å²) in [5.41, 5.74) is 2.02. The Morgan fingerprint density at radius 3 is 2.71 bits per heavy atom. The number of carbonyl (C=O) groups excluding carboxylic acids is 1. The molecular weight excluding hydrogens is 334 g/mol. The number of nitrogens with zero attached hydrogens (tertiary/aromatic N) is 1. The molecule has 0 aliphatic rings. The molecule has 0 saturated heterocycles. The molecular formula is C15H18BrN3O2. The number of aryl methyl sites for hydroxylation is 2. The lowest BCUT2D eigenvalue weighted by molar-refractivity contribution is -0.117. The molecule has 2 aromatic rings. The van der Waals surface area contributed by atoms with Crippen LogP contribution in [0.2, 0.25) is 0 Å². The SMILES string of the molecule is CC[C@H](Nc1ccc(Br)cc1C)C(=O)Nc1cc(C)on1. The quantitative estimate of drug-likeness (QED) is 0.857. The number of aromatic nitrogens is 1. The summed E-state index contributed by atoms with van der Waals surface area (Å²) in [7, 11) is 0. The maximum Gasteiger partial charge on any atom is 0.248 e. The van der Waals surface area contributed by atoms with Gasteiger partial charge in [0.2, 0.25) is 5.91 Å². The normalized spacial score (nSPS) is 12.0. The Morgan fingerprint density at radius 2 is 2.14 bits per heavy atom. The minimum atomic E-state index is -0.332. The molecule has 0 aliphatic carbocycles. The van der Waals surface area contributed by atoms with Gasteiger partial charge in [0, 0.05) is 16.2 Å². The van der Waals surface area contributed by atoms with Crippen molar-refractivity contribution in [2.75, 3.05) is 10.6 Å². The first kappa shape index (κ1) is 15.6. The van der Waals surface area contributed by atoms with E-state index in [0.717, 1.165) is 15.7 Å². The van der Waals surface area contributed by atoms with E-state index < -0.39 is 0 Å². The summed E-state index contributed by atoms with van der Waals surface area (Å²) < 4.78 is 5.95. The highest BCUT2D eigenvalue weighted by atomic mass is 79.9. The second-order valence-electron chi connectivity index (χ2n) is 4.88. The number of halogens is 1. The molecule has 1 amide bonds. The Balaban J connectivity index is 2.06. The van der Waals surface area contributed by atoms with Crippen LogP contribution in [0, 0.1) is 13.8 Å². The zero-order valence-corrected chi connectivity index (χ0v) is 13.8. The van der Waals surface area contributed by atoms with Crippen LogP contribution in [-0.2, 0) is 4.79 Å². The lowest BCUT2D eigenvalue weighted by Crippen LogP contribution is -2.34. The van der Waals surface area contributed by atoms with Gasteiger partial charge < -0.3 is 15.2 Å². The Bertz CT molecular complexity index is 640. The molecule has 0 unspecified atom stereocenters. The number of anilines is 2. The highest BCUT2D eigenvalue weighted by Gasteiger charge is 2.18. The smallest absolute Gasteiger partial charge is 0.248 e. The van der Waals surface area contributed by atoms with Crippen molar-refractivity contribution in [2.24, 2.45) is 0 Å². The third-order valence-electron chi connectivity index (χ3n) is 3.12. The molecule has 0 saturated carbocycles. The minimum Gasteiger partial charge on any atom is -0.373 e. The fourth-order valence-electron chi connectivity index (χ4n) is 1.97. The Kier molecular flexibility index (Phi) is 5.01. The van der Waals surface area contributed by atoms with Gasteiger partial charge in [0.15, 0.2) is 5.82 Å². The summed E-state index contributed by atoms with van der Waals surface area (Å²) in [6.45, 7) is 5.74. The average molecular weight is 352 g/mol. The maximum atomic E-state index is 12.3. The van der Waals surface area contributed by atoms with Crippen molar-refractivity contribution in [3.05, 3.63) is 40.1 Å². The van der Waals surface area contributed by atoms with Crippen molar-refractivity contribution in [1.29, 1.82) is 0 Å². The first-order chi connectivity index (χ1) is 9.99. The molecule has 0 spiro atoms. The van der Waals surface area contributed by atoms with Crippen molar-refractivity contribution < 1.29 is 9.32 Å². The molecule has 112 valence electrons.